The molecule has 18 heavy (non-hydrogen) atoms. The number of H-pyrrole nitrogens is 1. The van der Waals surface area contributed by atoms with E-state index in [1.54, 1.807) is 0 Å². The summed E-state index contributed by atoms with van der Waals surface area (Å²) >= 11 is 0. The molecule has 98 valence electrons. The van der Waals surface area contributed by atoms with E-state index in [1.165, 1.54) is 11.9 Å². The predicted molar refractivity (Wildman–Crippen MR) is 61.3 cm³/mol. The second-order valence-corrected chi connectivity index (χ2v) is 3.75. The number of aromatic nitrogens is 1. The Morgan fingerprint density at radius 1 is 1.56 bits per heavy atom. The Morgan fingerprint density at radius 2 is 2.22 bits per heavy atom. The average molecular weight is 255 g/mol. The second kappa shape index (κ2) is 5.80. The molecule has 1 rings (SSSR count). The molecule has 0 bridgehead atoms. The molecule has 0 atom stereocenters. The summed E-state index contributed by atoms with van der Waals surface area (Å²) in [5.41, 5.74) is -0.0724. The molecule has 0 saturated carbocycles. The summed E-state index contributed by atoms with van der Waals surface area (Å²) in [5, 5.41) is 18.9. The zero-order valence-electron chi connectivity index (χ0n) is 9.75. The second-order valence-electron chi connectivity index (χ2n) is 3.75. The van der Waals surface area contributed by atoms with E-state index in [0.29, 0.717) is 6.42 Å². The number of rotatable bonds is 6. The highest BCUT2D eigenvalue weighted by atomic mass is 16.6. The molecule has 8 nitrogen and oxygen atoms in total. The van der Waals surface area contributed by atoms with Crippen LogP contribution in [0.15, 0.2) is 12.3 Å². The molecule has 0 aliphatic carbocycles. The van der Waals surface area contributed by atoms with Crippen molar-refractivity contribution < 1.29 is 19.6 Å². The lowest BCUT2D eigenvalue weighted by Gasteiger charge is -2.15. The predicted octanol–water partition coefficient (Wildman–Crippen LogP) is 0.860. The Labute approximate surface area is 102 Å². The molecule has 2 N–H and O–H groups in total. The zero-order valence-corrected chi connectivity index (χ0v) is 9.75. The largest absolute Gasteiger partial charge is 0.481 e. The molecule has 0 aromatic carbocycles. The molecule has 1 amide bonds. The Kier molecular flexibility index (Phi) is 4.41. The maximum Gasteiger partial charge on any atom is 0.303 e. The van der Waals surface area contributed by atoms with Crippen molar-refractivity contribution in [2.45, 2.75) is 12.8 Å². The maximum atomic E-state index is 11.8. The molecule has 1 aromatic heterocycles. The van der Waals surface area contributed by atoms with Gasteiger partial charge in [-0.2, -0.15) is 0 Å². The van der Waals surface area contributed by atoms with Crippen molar-refractivity contribution in [3.8, 4) is 0 Å². The van der Waals surface area contributed by atoms with Crippen LogP contribution in [0, 0.1) is 10.1 Å². The highest BCUT2D eigenvalue weighted by Crippen LogP contribution is 2.13. The van der Waals surface area contributed by atoms with Crippen molar-refractivity contribution in [1.29, 1.82) is 0 Å². The van der Waals surface area contributed by atoms with Crippen LogP contribution in [0.3, 0.4) is 0 Å². The van der Waals surface area contributed by atoms with Gasteiger partial charge in [0.1, 0.15) is 5.69 Å². The lowest BCUT2D eigenvalue weighted by atomic mass is 10.3. The molecule has 0 aliphatic rings. The number of carbonyl (C=O) groups excluding carboxylic acids is 1. The molecule has 0 radical (unpaired) electrons. The number of amides is 1. The van der Waals surface area contributed by atoms with Gasteiger partial charge in [-0.15, -0.1) is 0 Å². The highest BCUT2D eigenvalue weighted by Gasteiger charge is 2.17. The molecule has 8 heteroatoms. The van der Waals surface area contributed by atoms with Crippen LogP contribution in [0.2, 0.25) is 0 Å². The molecular formula is C10H13N3O5. The number of carboxylic acids is 1. The van der Waals surface area contributed by atoms with Crippen LogP contribution < -0.4 is 0 Å². The van der Waals surface area contributed by atoms with Crippen LogP contribution in [0.1, 0.15) is 23.3 Å². The normalized spacial score (nSPS) is 10.1. The molecule has 0 spiro atoms. The molecule has 0 saturated heterocycles. The Morgan fingerprint density at radius 3 is 2.72 bits per heavy atom. The topological polar surface area (TPSA) is 117 Å². The fourth-order valence-corrected chi connectivity index (χ4v) is 1.39. The number of aromatic amines is 1. The van der Waals surface area contributed by atoms with E-state index in [9.17, 15) is 19.7 Å². The number of hydrogen-bond donors (Lipinski definition) is 2. The van der Waals surface area contributed by atoms with Gasteiger partial charge in [0.15, 0.2) is 0 Å². The van der Waals surface area contributed by atoms with Gasteiger partial charge in [0, 0.05) is 26.1 Å². The number of nitro groups is 1. The minimum Gasteiger partial charge on any atom is -0.481 e. The fraction of sp³-hybridized carbons (Fsp3) is 0.400. The number of carboxylic acid groups (broad SMARTS) is 1. The van der Waals surface area contributed by atoms with Crippen LogP contribution in [-0.4, -0.2) is 45.4 Å². The molecular weight excluding hydrogens is 242 g/mol. The van der Waals surface area contributed by atoms with E-state index in [4.69, 9.17) is 5.11 Å². The first-order valence-electron chi connectivity index (χ1n) is 5.22. The molecule has 0 unspecified atom stereocenters. The summed E-state index contributed by atoms with van der Waals surface area (Å²) in [6.07, 6.45) is 1.45. The minimum atomic E-state index is -0.925. The van der Waals surface area contributed by atoms with Gasteiger partial charge in [-0.05, 0) is 6.42 Å². The quantitative estimate of drug-likeness (QED) is 0.577. The third-order valence-electron chi connectivity index (χ3n) is 2.34. The van der Waals surface area contributed by atoms with E-state index < -0.39 is 16.8 Å². The van der Waals surface area contributed by atoms with Crippen molar-refractivity contribution in [2.75, 3.05) is 13.6 Å². The lowest BCUT2D eigenvalue weighted by molar-refractivity contribution is -0.384. The summed E-state index contributed by atoms with van der Waals surface area (Å²) in [4.78, 5) is 35.8. The van der Waals surface area contributed by atoms with Gasteiger partial charge < -0.3 is 15.0 Å². The first-order chi connectivity index (χ1) is 8.41. The van der Waals surface area contributed by atoms with Crippen LogP contribution in [0.5, 0.6) is 0 Å². The van der Waals surface area contributed by atoms with Gasteiger partial charge >= 0.3 is 5.97 Å². The van der Waals surface area contributed by atoms with Gasteiger partial charge in [-0.25, -0.2) is 0 Å². The summed E-state index contributed by atoms with van der Waals surface area (Å²) in [5.74, 6) is -1.33. The number of aliphatic carboxylic acids is 1. The lowest BCUT2D eigenvalue weighted by Crippen LogP contribution is -2.28. The monoisotopic (exact) mass is 255 g/mol. The van der Waals surface area contributed by atoms with E-state index >= 15 is 0 Å². The molecule has 0 aliphatic heterocycles. The Hall–Kier alpha value is -2.38. The number of nitrogens with one attached hydrogen (secondary N) is 1. The van der Waals surface area contributed by atoms with E-state index in [0.717, 1.165) is 12.3 Å². The van der Waals surface area contributed by atoms with Gasteiger partial charge in [-0.1, -0.05) is 0 Å². The number of nitrogens with zero attached hydrogens (tertiary/aromatic N) is 2. The smallest absolute Gasteiger partial charge is 0.303 e. The zero-order chi connectivity index (χ0) is 13.7. The van der Waals surface area contributed by atoms with Gasteiger partial charge in [-0.3, -0.25) is 19.7 Å². The van der Waals surface area contributed by atoms with Crippen LogP contribution >= 0.6 is 0 Å². The summed E-state index contributed by atoms with van der Waals surface area (Å²) < 4.78 is 0. The van der Waals surface area contributed by atoms with Crippen molar-refractivity contribution in [1.82, 2.24) is 9.88 Å². The van der Waals surface area contributed by atoms with Crippen LogP contribution in [0.25, 0.3) is 0 Å². The SMILES string of the molecule is CN(CCCC(=O)O)C(=O)c1cc([N+](=O)[O-])c[nH]1. The van der Waals surface area contributed by atoms with Crippen molar-refractivity contribution in [3.05, 3.63) is 28.1 Å². The van der Waals surface area contributed by atoms with E-state index in [2.05, 4.69) is 4.98 Å². The summed E-state index contributed by atoms with van der Waals surface area (Å²) in [6, 6.07) is 1.15. The Balaban J connectivity index is 2.57. The molecule has 1 aromatic rings. The third-order valence-corrected chi connectivity index (χ3v) is 2.34. The standard InChI is InChI=1S/C10H13N3O5/c1-12(4-2-3-9(14)15)10(16)8-5-7(6-11-8)13(17)18/h5-6,11H,2-4H2,1H3,(H,14,15). The van der Waals surface area contributed by atoms with Crippen LogP contribution in [0.4, 0.5) is 5.69 Å². The van der Waals surface area contributed by atoms with Crippen molar-refractivity contribution >= 4 is 17.6 Å². The first kappa shape index (κ1) is 13.7. The number of hydrogen-bond acceptors (Lipinski definition) is 4. The minimum absolute atomic E-state index is 0.0253. The average Bonchev–Trinajstić information content (AvgIpc) is 2.76. The van der Waals surface area contributed by atoms with E-state index in [-0.39, 0.29) is 24.3 Å². The molecule has 0 fully saturated rings. The Bertz CT molecular complexity index is 468. The fourth-order valence-electron chi connectivity index (χ4n) is 1.39. The van der Waals surface area contributed by atoms with E-state index in [1.807, 2.05) is 0 Å². The summed E-state index contributed by atoms with van der Waals surface area (Å²) in [7, 11) is 1.51. The number of carbonyl (C=O) groups is 2. The maximum absolute atomic E-state index is 11.8. The highest BCUT2D eigenvalue weighted by molar-refractivity contribution is 5.93. The summed E-state index contributed by atoms with van der Waals surface area (Å²) in [6.45, 7) is 0.276. The van der Waals surface area contributed by atoms with Gasteiger partial charge in [0.2, 0.25) is 0 Å². The first-order valence-corrected chi connectivity index (χ1v) is 5.22. The van der Waals surface area contributed by atoms with Crippen molar-refractivity contribution in [3.63, 3.8) is 0 Å². The molecule has 1 heterocycles. The van der Waals surface area contributed by atoms with Crippen molar-refractivity contribution in [2.24, 2.45) is 0 Å². The third kappa shape index (κ3) is 3.58. The van der Waals surface area contributed by atoms with Crippen LogP contribution in [-0.2, 0) is 4.79 Å². The van der Waals surface area contributed by atoms with Gasteiger partial charge in [0.05, 0.1) is 11.1 Å². The van der Waals surface area contributed by atoms with Gasteiger partial charge in [0.25, 0.3) is 11.6 Å².